The second-order valence-corrected chi connectivity index (χ2v) is 6.42. The molecule has 1 heterocycles. The van der Waals surface area contributed by atoms with E-state index in [1.807, 2.05) is 24.3 Å². The maximum atomic E-state index is 13.0. The van der Waals surface area contributed by atoms with Crippen LogP contribution in [0, 0.1) is 5.82 Å². The zero-order valence-electron chi connectivity index (χ0n) is 14.1. The summed E-state index contributed by atoms with van der Waals surface area (Å²) >= 11 is 5.91. The fourth-order valence-electron chi connectivity index (χ4n) is 2.77. The summed E-state index contributed by atoms with van der Waals surface area (Å²) in [6.45, 7) is 0.0460. The quantitative estimate of drug-likeness (QED) is 0.520. The minimum atomic E-state index is -1.14. The van der Waals surface area contributed by atoms with Gasteiger partial charge in [-0.15, -0.1) is 0 Å². The summed E-state index contributed by atoms with van der Waals surface area (Å²) in [6, 6.07) is 9.60. The summed E-state index contributed by atoms with van der Waals surface area (Å²) < 4.78 is 13.0. The van der Waals surface area contributed by atoms with Crippen LogP contribution in [-0.4, -0.2) is 28.1 Å². The minimum absolute atomic E-state index is 0.0460. The zero-order chi connectivity index (χ0) is 19.4. The number of fused-ring (bicyclic) bond motifs is 1. The number of rotatable bonds is 6. The molecule has 0 saturated carbocycles. The lowest BCUT2D eigenvalue weighted by Gasteiger charge is -2.15. The van der Waals surface area contributed by atoms with Crippen molar-refractivity contribution in [2.24, 2.45) is 0 Å². The summed E-state index contributed by atoms with van der Waals surface area (Å²) in [5.41, 5.74) is 2.21. The highest BCUT2D eigenvalue weighted by Gasteiger charge is 2.22. The topological polar surface area (TPSA) is 94.2 Å². The molecule has 8 heteroatoms. The van der Waals surface area contributed by atoms with Gasteiger partial charge in [-0.3, -0.25) is 0 Å². The lowest BCUT2D eigenvalue weighted by molar-refractivity contribution is -0.139. The second kappa shape index (κ2) is 8.09. The number of H-pyrrole nitrogens is 1. The molecule has 0 unspecified atom stereocenters. The van der Waals surface area contributed by atoms with Crippen molar-refractivity contribution in [1.82, 2.24) is 15.6 Å². The number of halogens is 2. The summed E-state index contributed by atoms with van der Waals surface area (Å²) in [5, 5.41) is 15.5. The van der Waals surface area contributed by atoms with Crippen LogP contribution in [0.1, 0.15) is 11.1 Å². The second-order valence-electron chi connectivity index (χ2n) is 6.02. The number of hydrogen-bond acceptors (Lipinski definition) is 2. The Bertz CT molecular complexity index is 989. The molecule has 0 spiro atoms. The molecule has 0 aliphatic heterocycles. The van der Waals surface area contributed by atoms with E-state index >= 15 is 0 Å². The molecule has 4 N–H and O–H groups in total. The van der Waals surface area contributed by atoms with Crippen LogP contribution in [0.15, 0.2) is 48.7 Å². The van der Waals surface area contributed by atoms with Crippen molar-refractivity contribution in [2.45, 2.75) is 19.0 Å². The Morgan fingerprint density at radius 3 is 2.70 bits per heavy atom. The predicted molar refractivity (Wildman–Crippen MR) is 100 cm³/mol. The SMILES string of the molecule is O=C(NCc1ccc(F)cc1Cl)N[C@H](Cc1c[nH]c2ccccc12)C(=O)O. The number of carboxylic acid groups (broad SMARTS) is 1. The standard InChI is InChI=1S/C19H17ClFN3O3/c20-15-8-13(21)6-5-11(15)9-23-19(27)24-17(18(25)26)7-12-10-22-16-4-2-1-3-14(12)16/h1-6,8,10,17,22H,7,9H2,(H,25,26)(H2,23,24,27)/t17-/m1/s1. The molecule has 1 aromatic heterocycles. The molecule has 2 aromatic carbocycles. The van der Waals surface area contributed by atoms with Crippen LogP contribution in [0.2, 0.25) is 5.02 Å². The van der Waals surface area contributed by atoms with Gasteiger partial charge in [0.1, 0.15) is 11.9 Å². The van der Waals surface area contributed by atoms with Gasteiger partial charge >= 0.3 is 12.0 Å². The number of carboxylic acids is 1. The highest BCUT2D eigenvalue weighted by atomic mass is 35.5. The number of aromatic nitrogens is 1. The normalized spacial score (nSPS) is 11.9. The molecule has 0 saturated heterocycles. The van der Waals surface area contributed by atoms with Crippen molar-refractivity contribution in [3.63, 3.8) is 0 Å². The van der Waals surface area contributed by atoms with Crippen LogP contribution in [-0.2, 0) is 17.8 Å². The van der Waals surface area contributed by atoms with Crippen LogP contribution in [0.25, 0.3) is 10.9 Å². The Morgan fingerprint density at radius 2 is 1.96 bits per heavy atom. The maximum Gasteiger partial charge on any atom is 0.326 e. The Kier molecular flexibility index (Phi) is 5.61. The number of benzene rings is 2. The van der Waals surface area contributed by atoms with Gasteiger partial charge in [0, 0.05) is 35.1 Å². The first-order valence-electron chi connectivity index (χ1n) is 8.20. The van der Waals surface area contributed by atoms with Gasteiger partial charge in [0.25, 0.3) is 0 Å². The Labute approximate surface area is 159 Å². The van der Waals surface area contributed by atoms with E-state index in [0.717, 1.165) is 22.5 Å². The molecule has 0 radical (unpaired) electrons. The van der Waals surface area contributed by atoms with Crippen LogP contribution in [0.3, 0.4) is 0 Å². The van der Waals surface area contributed by atoms with Gasteiger partial charge in [-0.05, 0) is 29.3 Å². The highest BCUT2D eigenvalue weighted by molar-refractivity contribution is 6.31. The number of carbonyl (C=O) groups is 2. The molecule has 3 rings (SSSR count). The minimum Gasteiger partial charge on any atom is -0.480 e. The zero-order valence-corrected chi connectivity index (χ0v) is 14.9. The van der Waals surface area contributed by atoms with Crippen molar-refractivity contribution >= 4 is 34.5 Å². The fourth-order valence-corrected chi connectivity index (χ4v) is 3.00. The molecule has 0 aliphatic carbocycles. The molecule has 3 aromatic rings. The number of carbonyl (C=O) groups excluding carboxylic acids is 1. The Balaban J connectivity index is 1.63. The maximum absolute atomic E-state index is 13.0. The first kappa shape index (κ1) is 18.7. The van der Waals surface area contributed by atoms with E-state index in [0.29, 0.717) is 5.56 Å². The molecule has 27 heavy (non-hydrogen) atoms. The molecule has 1 atom stereocenters. The van der Waals surface area contributed by atoms with Crippen LogP contribution < -0.4 is 10.6 Å². The third-order valence-electron chi connectivity index (χ3n) is 4.16. The molecule has 0 bridgehead atoms. The van der Waals surface area contributed by atoms with Gasteiger partial charge in [0.05, 0.1) is 0 Å². The lowest BCUT2D eigenvalue weighted by atomic mass is 10.1. The number of para-hydroxylation sites is 1. The number of hydrogen-bond donors (Lipinski definition) is 4. The monoisotopic (exact) mass is 389 g/mol. The van der Waals surface area contributed by atoms with Crippen molar-refractivity contribution in [1.29, 1.82) is 0 Å². The molecule has 6 nitrogen and oxygen atoms in total. The average Bonchev–Trinajstić information content (AvgIpc) is 3.03. The summed E-state index contributed by atoms with van der Waals surface area (Å²) in [7, 11) is 0. The molecule has 140 valence electrons. The number of amides is 2. The predicted octanol–water partition coefficient (Wildman–Crippen LogP) is 3.46. The van der Waals surface area contributed by atoms with Crippen molar-refractivity contribution in [2.75, 3.05) is 0 Å². The van der Waals surface area contributed by atoms with E-state index in [9.17, 15) is 19.1 Å². The molecule has 2 amide bonds. The smallest absolute Gasteiger partial charge is 0.326 e. The fraction of sp³-hybridized carbons (Fsp3) is 0.158. The third-order valence-corrected chi connectivity index (χ3v) is 4.51. The summed E-state index contributed by atoms with van der Waals surface area (Å²) in [4.78, 5) is 26.7. The van der Waals surface area contributed by atoms with Gasteiger partial charge < -0.3 is 20.7 Å². The van der Waals surface area contributed by atoms with E-state index in [1.165, 1.54) is 12.1 Å². The molecule has 0 fully saturated rings. The Hall–Kier alpha value is -3.06. The number of aliphatic carboxylic acids is 1. The molecular weight excluding hydrogens is 373 g/mol. The van der Waals surface area contributed by atoms with E-state index in [-0.39, 0.29) is 18.0 Å². The van der Waals surface area contributed by atoms with Crippen molar-refractivity contribution < 1.29 is 19.1 Å². The summed E-state index contributed by atoms with van der Waals surface area (Å²) in [5.74, 6) is -1.62. The van der Waals surface area contributed by atoms with Gasteiger partial charge in [0.2, 0.25) is 0 Å². The molecule has 0 aliphatic rings. The van der Waals surface area contributed by atoms with Gasteiger partial charge in [-0.1, -0.05) is 35.9 Å². The van der Waals surface area contributed by atoms with Crippen LogP contribution in [0.4, 0.5) is 9.18 Å². The van der Waals surface area contributed by atoms with E-state index < -0.39 is 23.9 Å². The van der Waals surface area contributed by atoms with Crippen LogP contribution in [0.5, 0.6) is 0 Å². The van der Waals surface area contributed by atoms with Gasteiger partial charge in [-0.2, -0.15) is 0 Å². The first-order valence-corrected chi connectivity index (χ1v) is 8.58. The number of urea groups is 1. The van der Waals surface area contributed by atoms with Crippen molar-refractivity contribution in [3.05, 3.63) is 70.6 Å². The van der Waals surface area contributed by atoms with E-state index in [1.54, 1.807) is 6.20 Å². The lowest BCUT2D eigenvalue weighted by Crippen LogP contribution is -2.46. The van der Waals surface area contributed by atoms with Crippen LogP contribution >= 0.6 is 11.6 Å². The van der Waals surface area contributed by atoms with Gasteiger partial charge in [-0.25, -0.2) is 14.0 Å². The average molecular weight is 390 g/mol. The third kappa shape index (κ3) is 4.57. The molecular formula is C19H17ClFN3O3. The number of aromatic amines is 1. The first-order chi connectivity index (χ1) is 12.9. The summed E-state index contributed by atoms with van der Waals surface area (Å²) in [6.07, 6.45) is 1.86. The largest absolute Gasteiger partial charge is 0.480 e. The van der Waals surface area contributed by atoms with Crippen molar-refractivity contribution in [3.8, 4) is 0 Å². The van der Waals surface area contributed by atoms with E-state index in [4.69, 9.17) is 11.6 Å². The van der Waals surface area contributed by atoms with E-state index in [2.05, 4.69) is 15.6 Å². The highest BCUT2D eigenvalue weighted by Crippen LogP contribution is 2.19. The van der Waals surface area contributed by atoms with Gasteiger partial charge in [0.15, 0.2) is 0 Å². The number of nitrogens with one attached hydrogen (secondary N) is 3. The Morgan fingerprint density at radius 1 is 1.19 bits per heavy atom.